The Morgan fingerprint density at radius 2 is 2.06 bits per heavy atom. The first-order valence-corrected chi connectivity index (χ1v) is 6.52. The molecule has 1 unspecified atom stereocenters. The van der Waals surface area contributed by atoms with Crippen molar-refractivity contribution in [2.24, 2.45) is 11.8 Å². The van der Waals surface area contributed by atoms with Gasteiger partial charge < -0.3 is 14.6 Å². The van der Waals surface area contributed by atoms with Gasteiger partial charge in [-0.2, -0.15) is 0 Å². The molecule has 1 heterocycles. The topological polar surface area (TPSA) is 72.8 Å². The molecule has 0 bridgehead atoms. The van der Waals surface area contributed by atoms with Gasteiger partial charge in [-0.15, -0.1) is 0 Å². The Hall–Kier alpha value is -1.10. The van der Waals surface area contributed by atoms with Gasteiger partial charge in [0.05, 0.1) is 5.92 Å². The number of aliphatic carboxylic acids is 1. The average Bonchev–Trinajstić information content (AvgIpc) is 2.82. The summed E-state index contributed by atoms with van der Waals surface area (Å²) in [7, 11) is 0. The lowest BCUT2D eigenvalue weighted by atomic mass is 9.89. The molecule has 2 atom stereocenters. The second kappa shape index (κ2) is 4.88. The maximum Gasteiger partial charge on any atom is 0.338 e. The lowest BCUT2D eigenvalue weighted by molar-refractivity contribution is -0.164. The maximum absolute atomic E-state index is 11.7. The summed E-state index contributed by atoms with van der Waals surface area (Å²) in [4.78, 5) is 23.0. The minimum absolute atomic E-state index is 0.395. The Labute approximate surface area is 106 Å². The van der Waals surface area contributed by atoms with E-state index in [2.05, 4.69) is 0 Å². The van der Waals surface area contributed by atoms with E-state index in [9.17, 15) is 14.7 Å². The molecule has 1 aliphatic carbocycles. The van der Waals surface area contributed by atoms with Crippen molar-refractivity contribution in [2.45, 2.75) is 57.8 Å². The largest absolute Gasteiger partial charge is 0.481 e. The van der Waals surface area contributed by atoms with Crippen molar-refractivity contribution >= 4 is 11.9 Å². The highest BCUT2D eigenvalue weighted by Crippen LogP contribution is 2.35. The molecule has 5 heteroatoms. The number of ether oxygens (including phenoxy) is 2. The first kappa shape index (κ1) is 13.3. The van der Waals surface area contributed by atoms with E-state index in [4.69, 9.17) is 9.47 Å². The summed E-state index contributed by atoms with van der Waals surface area (Å²) >= 11 is 0. The molecular weight excluding hydrogens is 236 g/mol. The predicted molar refractivity (Wildman–Crippen MR) is 62.7 cm³/mol. The van der Waals surface area contributed by atoms with Crippen LogP contribution in [-0.2, 0) is 19.1 Å². The molecule has 2 fully saturated rings. The normalized spacial score (nSPS) is 29.2. The third kappa shape index (κ3) is 2.83. The fourth-order valence-corrected chi connectivity index (χ4v) is 2.88. The standard InChI is InChI=1S/C13H20O5/c1-13(2)17-10(12(16)18-13)9(11(14)15)7-8-5-3-4-6-8/h8-10H,3-7H2,1-2H3,(H,14,15)/t9?,10-/m0/s1. The third-order valence-electron chi connectivity index (χ3n) is 3.73. The molecule has 0 aromatic carbocycles. The lowest BCUT2D eigenvalue weighted by Gasteiger charge is -2.21. The van der Waals surface area contributed by atoms with Crippen molar-refractivity contribution in [1.82, 2.24) is 0 Å². The van der Waals surface area contributed by atoms with Crippen LogP contribution in [0.4, 0.5) is 0 Å². The van der Waals surface area contributed by atoms with Gasteiger partial charge >= 0.3 is 11.9 Å². The number of rotatable bonds is 4. The lowest BCUT2D eigenvalue weighted by Crippen LogP contribution is -2.35. The number of carboxylic acid groups (broad SMARTS) is 1. The summed E-state index contributed by atoms with van der Waals surface area (Å²) in [5.41, 5.74) is 0. The Morgan fingerprint density at radius 3 is 2.50 bits per heavy atom. The zero-order valence-corrected chi connectivity index (χ0v) is 10.8. The molecule has 102 valence electrons. The third-order valence-corrected chi connectivity index (χ3v) is 3.73. The highest BCUT2D eigenvalue weighted by atomic mass is 16.8. The molecule has 0 aromatic heterocycles. The van der Waals surface area contributed by atoms with E-state index in [0.717, 1.165) is 25.7 Å². The van der Waals surface area contributed by atoms with Gasteiger partial charge in [-0.05, 0) is 12.3 Å². The number of carbonyl (C=O) groups excluding carboxylic acids is 1. The van der Waals surface area contributed by atoms with Gasteiger partial charge in [0.25, 0.3) is 0 Å². The second-order valence-corrected chi connectivity index (χ2v) is 5.69. The van der Waals surface area contributed by atoms with Crippen molar-refractivity contribution < 1.29 is 24.2 Å². The summed E-state index contributed by atoms with van der Waals surface area (Å²) in [5.74, 6) is -2.92. The highest BCUT2D eigenvalue weighted by Gasteiger charge is 2.48. The molecule has 1 saturated carbocycles. The summed E-state index contributed by atoms with van der Waals surface area (Å²) in [5, 5.41) is 9.29. The fraction of sp³-hybridized carbons (Fsp3) is 0.846. The summed E-state index contributed by atoms with van der Waals surface area (Å²) in [6.07, 6.45) is 3.95. The van der Waals surface area contributed by atoms with Gasteiger partial charge in [-0.3, -0.25) is 4.79 Å². The van der Waals surface area contributed by atoms with Crippen LogP contribution in [0, 0.1) is 11.8 Å². The van der Waals surface area contributed by atoms with Crippen LogP contribution >= 0.6 is 0 Å². The van der Waals surface area contributed by atoms with E-state index in [0.29, 0.717) is 12.3 Å². The Balaban J connectivity index is 2.05. The van der Waals surface area contributed by atoms with Crippen LogP contribution in [0.2, 0.25) is 0 Å². The number of hydrogen-bond donors (Lipinski definition) is 1. The Kier molecular flexibility index (Phi) is 3.61. The number of carbonyl (C=O) groups is 2. The number of hydrogen-bond acceptors (Lipinski definition) is 4. The van der Waals surface area contributed by atoms with Gasteiger partial charge in [0, 0.05) is 13.8 Å². The second-order valence-electron chi connectivity index (χ2n) is 5.69. The van der Waals surface area contributed by atoms with Gasteiger partial charge in [0.1, 0.15) is 0 Å². The molecule has 18 heavy (non-hydrogen) atoms. The van der Waals surface area contributed by atoms with Crippen molar-refractivity contribution in [3.05, 3.63) is 0 Å². The van der Waals surface area contributed by atoms with Crippen molar-refractivity contribution in [2.75, 3.05) is 0 Å². The van der Waals surface area contributed by atoms with Crippen molar-refractivity contribution in [1.29, 1.82) is 0 Å². The van der Waals surface area contributed by atoms with Crippen molar-refractivity contribution in [3.63, 3.8) is 0 Å². The molecule has 1 saturated heterocycles. The SMILES string of the molecule is CC1(C)OC(=O)[C@H](C(CC2CCCC2)C(=O)O)O1. The van der Waals surface area contributed by atoms with E-state index in [-0.39, 0.29) is 0 Å². The number of cyclic esters (lactones) is 1. The van der Waals surface area contributed by atoms with Crippen LogP contribution in [0.25, 0.3) is 0 Å². The zero-order chi connectivity index (χ0) is 13.3. The first-order valence-electron chi connectivity index (χ1n) is 6.52. The van der Waals surface area contributed by atoms with Gasteiger partial charge in [0.15, 0.2) is 6.10 Å². The zero-order valence-electron chi connectivity index (χ0n) is 10.8. The Morgan fingerprint density at radius 1 is 1.44 bits per heavy atom. The van der Waals surface area contributed by atoms with E-state index < -0.39 is 29.7 Å². The van der Waals surface area contributed by atoms with E-state index in [1.807, 2.05) is 0 Å². The van der Waals surface area contributed by atoms with Crippen LogP contribution in [0.5, 0.6) is 0 Å². The van der Waals surface area contributed by atoms with Crippen LogP contribution < -0.4 is 0 Å². The summed E-state index contributed by atoms with van der Waals surface area (Å²) in [6, 6.07) is 0. The Bertz CT molecular complexity index is 343. The molecule has 0 aromatic rings. The van der Waals surface area contributed by atoms with Gasteiger partial charge in [0.2, 0.25) is 5.79 Å². The van der Waals surface area contributed by atoms with Crippen LogP contribution in [0.15, 0.2) is 0 Å². The summed E-state index contributed by atoms with van der Waals surface area (Å²) < 4.78 is 10.5. The minimum atomic E-state index is -1.01. The van der Waals surface area contributed by atoms with E-state index >= 15 is 0 Å². The molecule has 0 radical (unpaired) electrons. The molecule has 1 aliphatic heterocycles. The first-order chi connectivity index (χ1) is 8.39. The molecule has 2 rings (SSSR count). The molecule has 0 amide bonds. The highest BCUT2D eigenvalue weighted by molar-refractivity contribution is 5.84. The molecule has 5 nitrogen and oxygen atoms in total. The monoisotopic (exact) mass is 256 g/mol. The molecule has 2 aliphatic rings. The van der Waals surface area contributed by atoms with Crippen LogP contribution in [0.1, 0.15) is 46.0 Å². The maximum atomic E-state index is 11.7. The van der Waals surface area contributed by atoms with Crippen molar-refractivity contribution in [3.8, 4) is 0 Å². The number of esters is 1. The quantitative estimate of drug-likeness (QED) is 0.778. The van der Waals surface area contributed by atoms with Crippen LogP contribution in [-0.4, -0.2) is 28.9 Å². The van der Waals surface area contributed by atoms with E-state index in [1.165, 1.54) is 0 Å². The fourth-order valence-electron chi connectivity index (χ4n) is 2.88. The van der Waals surface area contributed by atoms with Gasteiger partial charge in [-0.1, -0.05) is 25.7 Å². The van der Waals surface area contributed by atoms with E-state index in [1.54, 1.807) is 13.8 Å². The summed E-state index contributed by atoms with van der Waals surface area (Å²) in [6.45, 7) is 3.25. The van der Waals surface area contributed by atoms with Crippen LogP contribution in [0.3, 0.4) is 0 Å². The molecular formula is C13H20O5. The average molecular weight is 256 g/mol. The smallest absolute Gasteiger partial charge is 0.338 e. The van der Waals surface area contributed by atoms with Gasteiger partial charge in [-0.25, -0.2) is 4.79 Å². The minimum Gasteiger partial charge on any atom is -0.481 e. The molecule has 0 spiro atoms. The number of carboxylic acids is 1. The predicted octanol–water partition coefficient (Wildman–Crippen LogP) is 1.95. The molecule has 1 N–H and O–H groups in total.